The zero-order chi connectivity index (χ0) is 12.8. The molecule has 0 amide bonds. The molecule has 3 heteroatoms. The molecule has 1 aromatic heterocycles. The van der Waals surface area contributed by atoms with E-state index in [9.17, 15) is 0 Å². The number of hydrogen-bond donors (Lipinski definition) is 1. The summed E-state index contributed by atoms with van der Waals surface area (Å²) in [5.41, 5.74) is 8.10. The number of aromatic nitrogens is 1. The minimum atomic E-state index is 0.0577. The Morgan fingerprint density at radius 2 is 1.82 bits per heavy atom. The highest BCUT2D eigenvalue weighted by Gasteiger charge is 2.10. The molecular weight excluding hydrogens is 210 g/mol. The Bertz CT molecular complexity index is 341. The van der Waals surface area contributed by atoms with Crippen LogP contribution in [-0.4, -0.2) is 18.1 Å². The minimum absolute atomic E-state index is 0.0577. The lowest BCUT2D eigenvalue weighted by Gasteiger charge is -2.23. The van der Waals surface area contributed by atoms with Crippen LogP contribution in [0.1, 0.15) is 50.9 Å². The highest BCUT2D eigenvalue weighted by Crippen LogP contribution is 2.19. The van der Waals surface area contributed by atoms with E-state index in [1.807, 2.05) is 13.8 Å². The van der Waals surface area contributed by atoms with Crippen LogP contribution in [0.25, 0.3) is 0 Å². The summed E-state index contributed by atoms with van der Waals surface area (Å²) in [7, 11) is 0. The van der Waals surface area contributed by atoms with Crippen molar-refractivity contribution in [2.24, 2.45) is 5.73 Å². The normalized spacial score (nSPS) is 12.5. The van der Waals surface area contributed by atoms with Crippen LogP contribution < -0.4 is 10.6 Å². The van der Waals surface area contributed by atoms with Gasteiger partial charge in [-0.1, -0.05) is 19.9 Å². The smallest absolute Gasteiger partial charge is 0.128 e. The van der Waals surface area contributed by atoms with Crippen LogP contribution in [0.15, 0.2) is 12.1 Å². The maximum absolute atomic E-state index is 5.90. The molecule has 3 nitrogen and oxygen atoms in total. The SMILES string of the molecule is CCCN(CCC)c1ccc([C@H](C)N)c(C)n1. The average molecular weight is 235 g/mol. The van der Waals surface area contributed by atoms with E-state index in [0.29, 0.717) is 0 Å². The topological polar surface area (TPSA) is 42.1 Å². The standard InChI is InChI=1S/C14H25N3/c1-5-9-17(10-6-2)14-8-7-13(11(3)15)12(4)16-14/h7-8,11H,5-6,9-10,15H2,1-4H3/t11-/m0/s1. The Morgan fingerprint density at radius 3 is 2.24 bits per heavy atom. The summed E-state index contributed by atoms with van der Waals surface area (Å²) >= 11 is 0. The summed E-state index contributed by atoms with van der Waals surface area (Å²) < 4.78 is 0. The minimum Gasteiger partial charge on any atom is -0.357 e. The van der Waals surface area contributed by atoms with Gasteiger partial charge in [0.2, 0.25) is 0 Å². The quantitative estimate of drug-likeness (QED) is 0.824. The first-order chi connectivity index (χ1) is 8.10. The second-order valence-electron chi connectivity index (χ2n) is 4.62. The summed E-state index contributed by atoms with van der Waals surface area (Å²) in [4.78, 5) is 7.02. The summed E-state index contributed by atoms with van der Waals surface area (Å²) in [6.45, 7) is 10.6. The number of anilines is 1. The fourth-order valence-corrected chi connectivity index (χ4v) is 2.10. The fourth-order valence-electron chi connectivity index (χ4n) is 2.10. The van der Waals surface area contributed by atoms with Gasteiger partial charge in [-0.2, -0.15) is 0 Å². The van der Waals surface area contributed by atoms with Crippen LogP contribution in [-0.2, 0) is 0 Å². The Morgan fingerprint density at radius 1 is 1.24 bits per heavy atom. The summed E-state index contributed by atoms with van der Waals surface area (Å²) in [5, 5.41) is 0. The van der Waals surface area contributed by atoms with E-state index in [1.165, 1.54) is 0 Å². The van der Waals surface area contributed by atoms with E-state index in [2.05, 4.69) is 35.9 Å². The molecule has 0 radical (unpaired) electrons. The van der Waals surface area contributed by atoms with Gasteiger partial charge in [0.05, 0.1) is 0 Å². The molecule has 0 fully saturated rings. The Labute approximate surface area is 105 Å². The third kappa shape index (κ3) is 3.70. The molecule has 0 aliphatic rings. The van der Waals surface area contributed by atoms with Gasteiger partial charge >= 0.3 is 0 Å². The lowest BCUT2D eigenvalue weighted by molar-refractivity contribution is 0.728. The second-order valence-corrected chi connectivity index (χ2v) is 4.62. The Kier molecular flexibility index (Phi) is 5.42. The summed E-state index contributed by atoms with van der Waals surface area (Å²) in [6, 6.07) is 4.26. The van der Waals surface area contributed by atoms with Gasteiger partial charge in [-0.15, -0.1) is 0 Å². The molecule has 0 saturated carbocycles. The molecular formula is C14H25N3. The number of pyridine rings is 1. The fraction of sp³-hybridized carbons (Fsp3) is 0.643. The van der Waals surface area contributed by atoms with E-state index < -0.39 is 0 Å². The third-order valence-electron chi connectivity index (χ3n) is 2.91. The number of nitrogens with zero attached hydrogens (tertiary/aromatic N) is 2. The van der Waals surface area contributed by atoms with Gasteiger partial charge in [0, 0.05) is 24.8 Å². The molecule has 0 saturated heterocycles. The third-order valence-corrected chi connectivity index (χ3v) is 2.91. The van der Waals surface area contributed by atoms with Gasteiger partial charge < -0.3 is 10.6 Å². The molecule has 0 aliphatic carbocycles. The van der Waals surface area contributed by atoms with Gasteiger partial charge in [0.25, 0.3) is 0 Å². The van der Waals surface area contributed by atoms with E-state index >= 15 is 0 Å². The van der Waals surface area contributed by atoms with Gasteiger partial charge in [-0.3, -0.25) is 0 Å². The van der Waals surface area contributed by atoms with Gasteiger partial charge in [-0.25, -0.2) is 4.98 Å². The van der Waals surface area contributed by atoms with Crippen molar-refractivity contribution in [3.8, 4) is 0 Å². The molecule has 0 spiro atoms. The van der Waals surface area contributed by atoms with Crippen molar-refractivity contribution in [1.29, 1.82) is 0 Å². The highest BCUT2D eigenvalue weighted by atomic mass is 15.2. The number of rotatable bonds is 6. The molecule has 96 valence electrons. The number of nitrogens with two attached hydrogens (primary N) is 1. The van der Waals surface area contributed by atoms with Crippen LogP contribution in [0.4, 0.5) is 5.82 Å². The predicted molar refractivity (Wildman–Crippen MR) is 74.4 cm³/mol. The van der Waals surface area contributed by atoms with Crippen LogP contribution in [0, 0.1) is 6.92 Å². The van der Waals surface area contributed by atoms with Crippen LogP contribution >= 0.6 is 0 Å². The predicted octanol–water partition coefficient (Wildman–Crippen LogP) is 3.04. The molecule has 0 aliphatic heterocycles. The van der Waals surface area contributed by atoms with E-state index in [4.69, 9.17) is 5.73 Å². The van der Waals surface area contributed by atoms with Gasteiger partial charge in [-0.05, 0) is 38.3 Å². The molecule has 1 heterocycles. The Hall–Kier alpha value is -1.09. The first-order valence-electron chi connectivity index (χ1n) is 6.58. The van der Waals surface area contributed by atoms with E-state index in [1.54, 1.807) is 0 Å². The lowest BCUT2D eigenvalue weighted by atomic mass is 10.1. The molecule has 0 unspecified atom stereocenters. The van der Waals surface area contributed by atoms with Crippen molar-refractivity contribution in [2.45, 2.75) is 46.6 Å². The van der Waals surface area contributed by atoms with Crippen molar-refractivity contribution >= 4 is 5.82 Å². The molecule has 0 aromatic carbocycles. The highest BCUT2D eigenvalue weighted by molar-refractivity contribution is 5.42. The van der Waals surface area contributed by atoms with Crippen molar-refractivity contribution in [2.75, 3.05) is 18.0 Å². The molecule has 0 bridgehead atoms. The maximum Gasteiger partial charge on any atom is 0.128 e. The van der Waals surface area contributed by atoms with Gasteiger partial charge in [0.15, 0.2) is 0 Å². The molecule has 1 rings (SSSR count). The molecule has 2 N–H and O–H groups in total. The number of aryl methyl sites for hydroxylation is 1. The van der Waals surface area contributed by atoms with E-state index in [-0.39, 0.29) is 6.04 Å². The largest absolute Gasteiger partial charge is 0.357 e. The molecule has 17 heavy (non-hydrogen) atoms. The number of hydrogen-bond acceptors (Lipinski definition) is 3. The summed E-state index contributed by atoms with van der Waals surface area (Å²) in [6.07, 6.45) is 2.30. The van der Waals surface area contributed by atoms with Crippen molar-refractivity contribution in [1.82, 2.24) is 4.98 Å². The van der Waals surface area contributed by atoms with Crippen LogP contribution in [0.5, 0.6) is 0 Å². The first kappa shape index (κ1) is 14.0. The van der Waals surface area contributed by atoms with Crippen molar-refractivity contribution in [3.05, 3.63) is 23.4 Å². The average Bonchev–Trinajstić information content (AvgIpc) is 2.28. The Balaban J connectivity index is 2.93. The van der Waals surface area contributed by atoms with Crippen LogP contribution in [0.2, 0.25) is 0 Å². The zero-order valence-electron chi connectivity index (χ0n) is 11.5. The van der Waals surface area contributed by atoms with Crippen molar-refractivity contribution in [3.63, 3.8) is 0 Å². The zero-order valence-corrected chi connectivity index (χ0v) is 11.5. The van der Waals surface area contributed by atoms with E-state index in [0.717, 1.165) is 43.0 Å². The lowest BCUT2D eigenvalue weighted by Crippen LogP contribution is -2.26. The van der Waals surface area contributed by atoms with Crippen molar-refractivity contribution < 1.29 is 0 Å². The maximum atomic E-state index is 5.90. The van der Waals surface area contributed by atoms with Gasteiger partial charge in [0.1, 0.15) is 5.82 Å². The summed E-state index contributed by atoms with van der Waals surface area (Å²) in [5.74, 6) is 1.08. The second kappa shape index (κ2) is 6.60. The molecule has 1 aromatic rings. The van der Waals surface area contributed by atoms with Crippen LogP contribution in [0.3, 0.4) is 0 Å². The monoisotopic (exact) mass is 235 g/mol. The molecule has 1 atom stereocenters. The first-order valence-corrected chi connectivity index (χ1v) is 6.58.